The molecule has 1 aliphatic rings. The molecule has 5 nitrogen and oxygen atoms in total. The smallest absolute Gasteiger partial charge is 0.135 e. The van der Waals surface area contributed by atoms with Crippen molar-refractivity contribution in [3.8, 4) is 0 Å². The number of rotatable bonds is 6. The van der Waals surface area contributed by atoms with Gasteiger partial charge in [-0.05, 0) is 19.8 Å². The van der Waals surface area contributed by atoms with Crippen molar-refractivity contribution >= 4 is 11.6 Å². The van der Waals surface area contributed by atoms with Gasteiger partial charge in [0.2, 0.25) is 0 Å². The second-order valence-electron chi connectivity index (χ2n) is 5.69. The van der Waals surface area contributed by atoms with Gasteiger partial charge >= 0.3 is 0 Å². The fourth-order valence-corrected chi connectivity index (χ4v) is 2.25. The van der Waals surface area contributed by atoms with Crippen LogP contribution in [0.2, 0.25) is 0 Å². The average molecular weight is 278 g/mol. The lowest BCUT2D eigenvalue weighted by Crippen LogP contribution is -2.27. The van der Waals surface area contributed by atoms with Gasteiger partial charge in [-0.1, -0.05) is 20.8 Å². The summed E-state index contributed by atoms with van der Waals surface area (Å²) in [4.78, 5) is 9.19. The molecule has 1 aromatic rings. The molecule has 5 heteroatoms. The van der Waals surface area contributed by atoms with E-state index in [-0.39, 0.29) is 6.10 Å². The van der Waals surface area contributed by atoms with Crippen molar-refractivity contribution in [2.45, 2.75) is 58.6 Å². The van der Waals surface area contributed by atoms with Gasteiger partial charge < -0.3 is 15.4 Å². The van der Waals surface area contributed by atoms with E-state index in [1.165, 1.54) is 0 Å². The van der Waals surface area contributed by atoms with Crippen LogP contribution in [0.4, 0.5) is 11.6 Å². The molecule has 0 saturated carbocycles. The molecule has 0 bridgehead atoms. The van der Waals surface area contributed by atoms with Crippen LogP contribution in [0.15, 0.2) is 6.07 Å². The topological polar surface area (TPSA) is 59.1 Å². The molecule has 2 unspecified atom stereocenters. The lowest BCUT2D eigenvalue weighted by molar-refractivity contribution is 0.121. The van der Waals surface area contributed by atoms with Crippen LogP contribution >= 0.6 is 0 Å². The van der Waals surface area contributed by atoms with Gasteiger partial charge in [0, 0.05) is 25.1 Å². The lowest BCUT2D eigenvalue weighted by atomic mass is 10.1. The Labute approximate surface area is 121 Å². The number of ether oxygens (including phenoxy) is 1. The molecule has 1 aliphatic heterocycles. The van der Waals surface area contributed by atoms with Gasteiger partial charge in [-0.2, -0.15) is 0 Å². The largest absolute Gasteiger partial charge is 0.376 e. The van der Waals surface area contributed by atoms with Crippen molar-refractivity contribution in [2.24, 2.45) is 0 Å². The maximum Gasteiger partial charge on any atom is 0.135 e. The van der Waals surface area contributed by atoms with Gasteiger partial charge in [0.25, 0.3) is 0 Å². The first kappa shape index (κ1) is 15.0. The minimum atomic E-state index is 0.236. The second kappa shape index (κ2) is 6.88. The zero-order valence-corrected chi connectivity index (χ0v) is 12.9. The third kappa shape index (κ3) is 3.82. The number of hydrogen-bond donors (Lipinski definition) is 2. The Hall–Kier alpha value is -1.36. The van der Waals surface area contributed by atoms with Gasteiger partial charge in [0.1, 0.15) is 17.5 Å². The van der Waals surface area contributed by atoms with E-state index < -0.39 is 0 Å². The van der Waals surface area contributed by atoms with E-state index in [2.05, 4.69) is 48.3 Å². The predicted octanol–water partition coefficient (Wildman–Crippen LogP) is 3.01. The molecule has 1 aromatic heterocycles. The van der Waals surface area contributed by atoms with Crippen LogP contribution in [0.25, 0.3) is 0 Å². The Kier molecular flexibility index (Phi) is 5.17. The molecule has 2 atom stereocenters. The van der Waals surface area contributed by atoms with Crippen LogP contribution in [0, 0.1) is 0 Å². The van der Waals surface area contributed by atoms with E-state index in [0.29, 0.717) is 12.0 Å². The minimum Gasteiger partial charge on any atom is -0.376 e. The molecule has 0 aliphatic carbocycles. The van der Waals surface area contributed by atoms with E-state index in [4.69, 9.17) is 4.74 Å². The highest BCUT2D eigenvalue weighted by Gasteiger charge is 2.24. The zero-order valence-electron chi connectivity index (χ0n) is 12.9. The summed E-state index contributed by atoms with van der Waals surface area (Å²) in [6.07, 6.45) is 2.34. The first-order valence-electron chi connectivity index (χ1n) is 7.61. The van der Waals surface area contributed by atoms with Crippen molar-refractivity contribution < 1.29 is 4.74 Å². The Morgan fingerprint density at radius 1 is 1.35 bits per heavy atom. The van der Waals surface area contributed by atoms with Gasteiger partial charge in [-0.25, -0.2) is 9.97 Å². The average Bonchev–Trinajstić information content (AvgIpc) is 2.81. The predicted molar refractivity (Wildman–Crippen MR) is 82.3 cm³/mol. The molecule has 112 valence electrons. The molecule has 0 radical (unpaired) electrons. The number of nitrogens with one attached hydrogen (secondary N) is 2. The van der Waals surface area contributed by atoms with Crippen LogP contribution in [0.1, 0.15) is 52.3 Å². The number of hydrogen-bond acceptors (Lipinski definition) is 5. The lowest BCUT2D eigenvalue weighted by Gasteiger charge is -2.18. The molecular weight excluding hydrogens is 252 g/mol. The molecule has 2 N–H and O–H groups in total. The van der Waals surface area contributed by atoms with Crippen molar-refractivity contribution in [1.82, 2.24) is 9.97 Å². The first-order valence-corrected chi connectivity index (χ1v) is 7.61. The van der Waals surface area contributed by atoms with Crippen LogP contribution in [-0.4, -0.2) is 35.3 Å². The van der Waals surface area contributed by atoms with Crippen LogP contribution in [0.3, 0.4) is 0 Å². The molecule has 0 amide bonds. The Morgan fingerprint density at radius 3 is 2.70 bits per heavy atom. The summed E-state index contributed by atoms with van der Waals surface area (Å²) in [5.74, 6) is 2.99. The molecule has 20 heavy (non-hydrogen) atoms. The SMILES string of the molecule is CCCNc1cc(NC2CCOC2C)nc(C(C)C)n1. The summed E-state index contributed by atoms with van der Waals surface area (Å²) in [5.41, 5.74) is 0. The van der Waals surface area contributed by atoms with E-state index in [1.807, 2.05) is 6.07 Å². The summed E-state index contributed by atoms with van der Waals surface area (Å²) in [6, 6.07) is 2.33. The second-order valence-corrected chi connectivity index (χ2v) is 5.69. The third-order valence-electron chi connectivity index (χ3n) is 3.53. The highest BCUT2D eigenvalue weighted by Crippen LogP contribution is 2.21. The van der Waals surface area contributed by atoms with Crippen molar-refractivity contribution in [2.75, 3.05) is 23.8 Å². The molecule has 0 spiro atoms. The van der Waals surface area contributed by atoms with Crippen molar-refractivity contribution in [3.63, 3.8) is 0 Å². The van der Waals surface area contributed by atoms with Crippen LogP contribution in [0.5, 0.6) is 0 Å². The molecule has 1 saturated heterocycles. The molecule has 1 fully saturated rings. The zero-order chi connectivity index (χ0) is 14.5. The van der Waals surface area contributed by atoms with Crippen molar-refractivity contribution in [1.29, 1.82) is 0 Å². The summed E-state index contributed by atoms with van der Waals surface area (Å²) in [6.45, 7) is 10.2. The van der Waals surface area contributed by atoms with Gasteiger partial charge in [-0.15, -0.1) is 0 Å². The summed E-state index contributed by atoms with van der Waals surface area (Å²) in [7, 11) is 0. The standard InChI is InChI=1S/C15H26N4O/c1-5-7-16-13-9-14(19-15(18-13)10(2)3)17-12-6-8-20-11(12)4/h9-12H,5-8H2,1-4H3,(H2,16,17,18,19). The normalized spacial score (nSPS) is 22.2. The number of nitrogens with zero attached hydrogens (tertiary/aromatic N) is 2. The Balaban J connectivity index is 2.15. The fraction of sp³-hybridized carbons (Fsp3) is 0.733. The molecular formula is C15H26N4O. The minimum absolute atomic E-state index is 0.236. The summed E-state index contributed by atoms with van der Waals surface area (Å²) in [5, 5.41) is 6.83. The van der Waals surface area contributed by atoms with Crippen LogP contribution < -0.4 is 10.6 Å². The molecule has 0 aromatic carbocycles. The van der Waals surface area contributed by atoms with Crippen LogP contribution in [-0.2, 0) is 4.74 Å². The Bertz CT molecular complexity index is 436. The number of aromatic nitrogens is 2. The molecule has 2 rings (SSSR count). The summed E-state index contributed by atoms with van der Waals surface area (Å²) >= 11 is 0. The highest BCUT2D eigenvalue weighted by molar-refractivity contribution is 5.48. The maximum atomic E-state index is 5.59. The fourth-order valence-electron chi connectivity index (χ4n) is 2.25. The van der Waals surface area contributed by atoms with Gasteiger partial charge in [-0.3, -0.25) is 0 Å². The first-order chi connectivity index (χ1) is 9.60. The summed E-state index contributed by atoms with van der Waals surface area (Å²) < 4.78 is 5.59. The quantitative estimate of drug-likeness (QED) is 0.837. The van der Waals surface area contributed by atoms with Gasteiger partial charge in [0.15, 0.2) is 0 Å². The van der Waals surface area contributed by atoms with E-state index in [9.17, 15) is 0 Å². The van der Waals surface area contributed by atoms with E-state index in [0.717, 1.165) is 43.5 Å². The monoisotopic (exact) mass is 278 g/mol. The van der Waals surface area contributed by atoms with E-state index in [1.54, 1.807) is 0 Å². The highest BCUT2D eigenvalue weighted by atomic mass is 16.5. The molecule has 2 heterocycles. The van der Waals surface area contributed by atoms with Gasteiger partial charge in [0.05, 0.1) is 12.1 Å². The maximum absolute atomic E-state index is 5.59. The Morgan fingerprint density at radius 2 is 2.10 bits per heavy atom. The van der Waals surface area contributed by atoms with E-state index >= 15 is 0 Å². The van der Waals surface area contributed by atoms with Crippen molar-refractivity contribution in [3.05, 3.63) is 11.9 Å². The third-order valence-corrected chi connectivity index (χ3v) is 3.53. The number of anilines is 2.